The molecule has 5 nitrogen and oxygen atoms in total. The van der Waals surface area contributed by atoms with Gasteiger partial charge in [0.05, 0.1) is 0 Å². The van der Waals surface area contributed by atoms with Gasteiger partial charge in [-0.1, -0.05) is 20.3 Å². The van der Waals surface area contributed by atoms with Gasteiger partial charge < -0.3 is 15.7 Å². The molecule has 1 fully saturated rings. The van der Waals surface area contributed by atoms with Crippen molar-refractivity contribution in [2.24, 2.45) is 5.92 Å². The topological polar surface area (TPSA) is 78.4 Å². The Morgan fingerprint density at radius 3 is 2.71 bits per heavy atom. The van der Waals surface area contributed by atoms with Crippen molar-refractivity contribution in [1.82, 2.24) is 10.6 Å². The molecule has 1 heterocycles. The number of carbonyl (C=O) groups is 2. The number of carboxylic acid groups (broad SMARTS) is 1. The fourth-order valence-electron chi connectivity index (χ4n) is 2.07. The smallest absolute Gasteiger partial charge is 0.326 e. The highest BCUT2D eigenvalue weighted by molar-refractivity contribution is 5.84. The first kappa shape index (κ1) is 14.0. The third kappa shape index (κ3) is 4.34. The summed E-state index contributed by atoms with van der Waals surface area (Å²) in [7, 11) is 0. The highest BCUT2D eigenvalue weighted by Crippen LogP contribution is 2.11. The van der Waals surface area contributed by atoms with E-state index >= 15 is 0 Å². The number of carbonyl (C=O) groups excluding carboxylic acids is 1. The highest BCUT2D eigenvalue weighted by atomic mass is 16.4. The quantitative estimate of drug-likeness (QED) is 0.642. The Kier molecular flexibility index (Phi) is 5.41. The molecule has 0 saturated carbocycles. The third-order valence-corrected chi connectivity index (χ3v) is 3.39. The number of rotatable bonds is 6. The fourth-order valence-corrected chi connectivity index (χ4v) is 2.07. The Labute approximate surface area is 102 Å². The van der Waals surface area contributed by atoms with E-state index in [-0.39, 0.29) is 17.9 Å². The number of carboxylic acids is 1. The van der Waals surface area contributed by atoms with Crippen LogP contribution in [-0.2, 0) is 9.59 Å². The lowest BCUT2D eigenvalue weighted by Gasteiger charge is -2.21. The van der Waals surface area contributed by atoms with E-state index < -0.39 is 12.0 Å². The number of hydrogen-bond acceptors (Lipinski definition) is 3. The molecule has 0 bridgehead atoms. The van der Waals surface area contributed by atoms with E-state index in [0.29, 0.717) is 6.42 Å². The molecule has 1 aliphatic heterocycles. The average Bonchev–Trinajstić information content (AvgIpc) is 2.77. The molecule has 3 unspecified atom stereocenters. The first-order chi connectivity index (χ1) is 8.04. The summed E-state index contributed by atoms with van der Waals surface area (Å²) in [5, 5.41) is 14.9. The Balaban J connectivity index is 2.43. The molecular weight excluding hydrogens is 220 g/mol. The molecule has 5 heteroatoms. The van der Waals surface area contributed by atoms with E-state index in [0.717, 1.165) is 25.8 Å². The molecule has 1 amide bonds. The van der Waals surface area contributed by atoms with Gasteiger partial charge in [0.1, 0.15) is 6.04 Å². The molecule has 3 atom stereocenters. The molecule has 0 aromatic rings. The molecule has 0 radical (unpaired) electrons. The van der Waals surface area contributed by atoms with Crippen LogP contribution in [-0.4, -0.2) is 35.6 Å². The van der Waals surface area contributed by atoms with Gasteiger partial charge in [0.2, 0.25) is 5.91 Å². The van der Waals surface area contributed by atoms with Gasteiger partial charge in [-0.05, 0) is 25.3 Å². The van der Waals surface area contributed by atoms with Gasteiger partial charge in [-0.2, -0.15) is 0 Å². The maximum absolute atomic E-state index is 11.7. The van der Waals surface area contributed by atoms with E-state index in [4.69, 9.17) is 5.11 Å². The second kappa shape index (κ2) is 6.59. The van der Waals surface area contributed by atoms with Crippen LogP contribution in [0, 0.1) is 5.92 Å². The summed E-state index contributed by atoms with van der Waals surface area (Å²) in [6.07, 6.45) is 3.19. The van der Waals surface area contributed by atoms with Gasteiger partial charge in [-0.15, -0.1) is 0 Å². The molecule has 0 spiro atoms. The summed E-state index contributed by atoms with van der Waals surface area (Å²) < 4.78 is 0. The molecular formula is C12H22N2O3. The largest absolute Gasteiger partial charge is 0.480 e. The Morgan fingerprint density at radius 2 is 2.24 bits per heavy atom. The lowest BCUT2D eigenvalue weighted by Crippen LogP contribution is -2.46. The molecule has 17 heavy (non-hydrogen) atoms. The second-order valence-electron chi connectivity index (χ2n) is 4.77. The van der Waals surface area contributed by atoms with Crippen molar-refractivity contribution < 1.29 is 14.7 Å². The van der Waals surface area contributed by atoms with Crippen LogP contribution in [0.5, 0.6) is 0 Å². The van der Waals surface area contributed by atoms with Crippen molar-refractivity contribution in [3.8, 4) is 0 Å². The number of hydrogen-bond donors (Lipinski definition) is 3. The molecule has 0 aromatic heterocycles. The standard InChI is InChI=1S/C12H22N2O3/c1-3-8(2)11(12(16)17)14-10(15)7-9-5-4-6-13-9/h8-9,11,13H,3-7H2,1-2H3,(H,14,15)(H,16,17). The Hall–Kier alpha value is -1.10. The van der Waals surface area contributed by atoms with E-state index in [1.165, 1.54) is 0 Å². The zero-order chi connectivity index (χ0) is 12.8. The lowest BCUT2D eigenvalue weighted by molar-refractivity contribution is -0.143. The summed E-state index contributed by atoms with van der Waals surface area (Å²) >= 11 is 0. The zero-order valence-electron chi connectivity index (χ0n) is 10.5. The maximum atomic E-state index is 11.7. The van der Waals surface area contributed by atoms with Crippen LogP contribution >= 0.6 is 0 Å². The molecule has 1 rings (SSSR count). The van der Waals surface area contributed by atoms with Gasteiger partial charge >= 0.3 is 5.97 Å². The van der Waals surface area contributed by atoms with Crippen LogP contribution < -0.4 is 10.6 Å². The fraction of sp³-hybridized carbons (Fsp3) is 0.833. The van der Waals surface area contributed by atoms with Crippen LogP contribution in [0.2, 0.25) is 0 Å². The number of amides is 1. The predicted octanol–water partition coefficient (Wildman–Crippen LogP) is 0.744. The van der Waals surface area contributed by atoms with Crippen molar-refractivity contribution in [3.05, 3.63) is 0 Å². The van der Waals surface area contributed by atoms with Crippen molar-refractivity contribution in [1.29, 1.82) is 0 Å². The van der Waals surface area contributed by atoms with Gasteiger partial charge in [0, 0.05) is 12.5 Å². The molecule has 3 N–H and O–H groups in total. The molecule has 0 aliphatic carbocycles. The van der Waals surface area contributed by atoms with Crippen molar-refractivity contribution in [2.75, 3.05) is 6.54 Å². The summed E-state index contributed by atoms with van der Waals surface area (Å²) in [5.41, 5.74) is 0. The van der Waals surface area contributed by atoms with Crippen LogP contribution in [0.15, 0.2) is 0 Å². The summed E-state index contributed by atoms with van der Waals surface area (Å²) in [5.74, 6) is -1.17. The minimum Gasteiger partial charge on any atom is -0.480 e. The van der Waals surface area contributed by atoms with E-state index in [1.54, 1.807) is 0 Å². The minimum absolute atomic E-state index is 0.0482. The summed E-state index contributed by atoms with van der Waals surface area (Å²) in [6, 6.07) is -0.560. The average molecular weight is 242 g/mol. The Bertz CT molecular complexity index is 275. The van der Waals surface area contributed by atoms with Gasteiger partial charge in [-0.3, -0.25) is 4.79 Å². The summed E-state index contributed by atoms with van der Waals surface area (Å²) in [6.45, 7) is 4.71. The minimum atomic E-state index is -0.952. The maximum Gasteiger partial charge on any atom is 0.326 e. The van der Waals surface area contributed by atoms with E-state index in [1.807, 2.05) is 13.8 Å². The monoisotopic (exact) mass is 242 g/mol. The predicted molar refractivity (Wildman–Crippen MR) is 64.7 cm³/mol. The van der Waals surface area contributed by atoms with Crippen LogP contribution in [0.4, 0.5) is 0 Å². The molecule has 1 saturated heterocycles. The van der Waals surface area contributed by atoms with Crippen LogP contribution in [0.3, 0.4) is 0 Å². The zero-order valence-corrected chi connectivity index (χ0v) is 10.5. The van der Waals surface area contributed by atoms with Crippen molar-refractivity contribution in [3.63, 3.8) is 0 Å². The first-order valence-electron chi connectivity index (χ1n) is 6.30. The van der Waals surface area contributed by atoms with Crippen LogP contribution in [0.25, 0.3) is 0 Å². The molecule has 0 aromatic carbocycles. The van der Waals surface area contributed by atoms with Gasteiger partial charge in [0.15, 0.2) is 0 Å². The van der Waals surface area contributed by atoms with Gasteiger partial charge in [0.25, 0.3) is 0 Å². The lowest BCUT2D eigenvalue weighted by atomic mass is 9.99. The normalized spacial score (nSPS) is 23.1. The SMILES string of the molecule is CCC(C)C(NC(=O)CC1CCCN1)C(=O)O. The first-order valence-corrected chi connectivity index (χ1v) is 6.30. The van der Waals surface area contributed by atoms with Crippen LogP contribution in [0.1, 0.15) is 39.5 Å². The molecule has 1 aliphatic rings. The number of nitrogens with one attached hydrogen (secondary N) is 2. The second-order valence-corrected chi connectivity index (χ2v) is 4.77. The van der Waals surface area contributed by atoms with Crippen molar-refractivity contribution >= 4 is 11.9 Å². The third-order valence-electron chi connectivity index (χ3n) is 3.39. The van der Waals surface area contributed by atoms with Gasteiger partial charge in [-0.25, -0.2) is 4.79 Å². The van der Waals surface area contributed by atoms with Crippen molar-refractivity contribution in [2.45, 2.75) is 51.6 Å². The molecule has 98 valence electrons. The van der Waals surface area contributed by atoms with E-state index in [2.05, 4.69) is 10.6 Å². The highest BCUT2D eigenvalue weighted by Gasteiger charge is 2.26. The summed E-state index contributed by atoms with van der Waals surface area (Å²) in [4.78, 5) is 22.8. The van der Waals surface area contributed by atoms with E-state index in [9.17, 15) is 9.59 Å². The Morgan fingerprint density at radius 1 is 1.53 bits per heavy atom. The number of aliphatic carboxylic acids is 1.